The first-order valence-electron chi connectivity index (χ1n) is 11.4. The van der Waals surface area contributed by atoms with Crippen LogP contribution in [0.25, 0.3) is 22.3 Å². The molecule has 32 heavy (non-hydrogen) atoms. The van der Waals surface area contributed by atoms with Crippen LogP contribution in [0.5, 0.6) is 0 Å². The minimum Gasteiger partial charge on any atom is -0.346 e. The molecule has 164 valence electrons. The summed E-state index contributed by atoms with van der Waals surface area (Å²) >= 11 is 0. The standard InChI is InChI=1S/C23H26N8O/c24-5-4-23(9-16-12-30(13-17(16)10-23)22(32)29-7-1-2-8-29)31-14-18(11-28-31)20-19-3-6-25-21(19)27-15-26-20/h3,6,11,14-17H,1-2,4,7-10,12-13H2,(H,25,26,27)/t16-,17+,23?. The molecular weight excluding hydrogens is 404 g/mol. The van der Waals surface area contributed by atoms with Gasteiger partial charge >= 0.3 is 6.03 Å². The maximum Gasteiger partial charge on any atom is 0.320 e. The van der Waals surface area contributed by atoms with Gasteiger partial charge < -0.3 is 14.8 Å². The lowest BCUT2D eigenvalue weighted by Gasteiger charge is -2.30. The van der Waals surface area contributed by atoms with Gasteiger partial charge in [-0.1, -0.05) is 0 Å². The van der Waals surface area contributed by atoms with Crippen LogP contribution in [0.1, 0.15) is 32.1 Å². The smallest absolute Gasteiger partial charge is 0.320 e. The molecule has 1 aliphatic carbocycles. The van der Waals surface area contributed by atoms with Crippen LogP contribution in [0.4, 0.5) is 4.79 Å². The Bertz CT molecular complexity index is 1190. The molecule has 9 heteroatoms. The number of aromatic amines is 1. The lowest BCUT2D eigenvalue weighted by Crippen LogP contribution is -2.42. The van der Waals surface area contributed by atoms with Gasteiger partial charge in [0.1, 0.15) is 12.0 Å². The Morgan fingerprint density at radius 3 is 2.72 bits per heavy atom. The summed E-state index contributed by atoms with van der Waals surface area (Å²) in [6, 6.07) is 4.58. The van der Waals surface area contributed by atoms with Crippen LogP contribution >= 0.6 is 0 Å². The Morgan fingerprint density at radius 2 is 1.97 bits per heavy atom. The van der Waals surface area contributed by atoms with Gasteiger partial charge in [0.2, 0.25) is 0 Å². The van der Waals surface area contributed by atoms with E-state index in [0.29, 0.717) is 18.3 Å². The van der Waals surface area contributed by atoms with E-state index in [1.807, 2.05) is 39.1 Å². The fraction of sp³-hybridized carbons (Fsp3) is 0.522. The maximum absolute atomic E-state index is 12.8. The third-order valence-corrected chi connectivity index (χ3v) is 7.61. The second-order valence-corrected chi connectivity index (χ2v) is 9.51. The van der Waals surface area contributed by atoms with E-state index >= 15 is 0 Å². The number of nitriles is 1. The topological polar surface area (TPSA) is 107 Å². The minimum atomic E-state index is -0.324. The third-order valence-electron chi connectivity index (χ3n) is 7.61. The molecule has 5 heterocycles. The number of aromatic nitrogens is 5. The molecule has 0 spiro atoms. The second-order valence-electron chi connectivity index (χ2n) is 9.51. The summed E-state index contributed by atoms with van der Waals surface area (Å²) in [5.41, 5.74) is 2.25. The second kappa shape index (κ2) is 7.33. The van der Waals surface area contributed by atoms with E-state index in [9.17, 15) is 10.1 Å². The fourth-order valence-electron chi connectivity index (χ4n) is 6.09. The first-order chi connectivity index (χ1) is 15.7. The van der Waals surface area contributed by atoms with E-state index in [0.717, 1.165) is 74.2 Å². The van der Waals surface area contributed by atoms with Crippen molar-refractivity contribution in [3.8, 4) is 17.3 Å². The van der Waals surface area contributed by atoms with Crippen LogP contribution in [-0.2, 0) is 5.54 Å². The van der Waals surface area contributed by atoms with Gasteiger partial charge in [-0.05, 0) is 43.6 Å². The molecule has 1 saturated carbocycles. The summed E-state index contributed by atoms with van der Waals surface area (Å²) < 4.78 is 2.00. The molecule has 0 bridgehead atoms. The van der Waals surface area contributed by atoms with E-state index in [1.165, 1.54) is 0 Å². The third kappa shape index (κ3) is 2.97. The average Bonchev–Trinajstić information content (AvgIpc) is 3.60. The highest BCUT2D eigenvalue weighted by atomic mass is 16.2. The number of urea groups is 1. The lowest BCUT2D eigenvalue weighted by molar-refractivity contribution is 0.162. The quantitative estimate of drug-likeness (QED) is 0.687. The summed E-state index contributed by atoms with van der Waals surface area (Å²) in [6.45, 7) is 3.35. The monoisotopic (exact) mass is 430 g/mol. The van der Waals surface area contributed by atoms with E-state index < -0.39 is 0 Å². The van der Waals surface area contributed by atoms with Crippen LogP contribution in [0.15, 0.2) is 31.0 Å². The Balaban J connectivity index is 1.24. The molecule has 2 aliphatic heterocycles. The van der Waals surface area contributed by atoms with E-state index in [4.69, 9.17) is 5.10 Å². The molecule has 2 amide bonds. The predicted octanol–water partition coefficient (Wildman–Crippen LogP) is 2.99. The van der Waals surface area contributed by atoms with Crippen LogP contribution in [0, 0.1) is 23.2 Å². The van der Waals surface area contributed by atoms with Gasteiger partial charge in [0.05, 0.1) is 29.9 Å². The molecule has 3 atom stereocenters. The maximum atomic E-state index is 12.8. The normalized spacial score (nSPS) is 27.2. The van der Waals surface area contributed by atoms with Crippen molar-refractivity contribution in [2.24, 2.45) is 11.8 Å². The average molecular weight is 431 g/mol. The van der Waals surface area contributed by atoms with Crippen LogP contribution in [0.2, 0.25) is 0 Å². The number of carbonyl (C=O) groups is 1. The number of nitrogens with zero attached hydrogens (tertiary/aromatic N) is 7. The van der Waals surface area contributed by atoms with Crippen molar-refractivity contribution in [2.75, 3.05) is 26.2 Å². The number of hydrogen-bond acceptors (Lipinski definition) is 5. The van der Waals surface area contributed by atoms with Gasteiger partial charge in [0.25, 0.3) is 0 Å². The molecule has 3 fully saturated rings. The zero-order valence-electron chi connectivity index (χ0n) is 17.9. The summed E-state index contributed by atoms with van der Waals surface area (Å²) in [4.78, 5) is 28.8. The number of amides is 2. The lowest BCUT2D eigenvalue weighted by atomic mass is 9.92. The number of carbonyl (C=O) groups excluding carboxylic acids is 1. The van der Waals surface area contributed by atoms with Gasteiger partial charge in [-0.25, -0.2) is 14.8 Å². The summed E-state index contributed by atoms with van der Waals surface area (Å²) in [7, 11) is 0. The molecule has 3 aromatic heterocycles. The van der Waals surface area contributed by atoms with Crippen molar-refractivity contribution < 1.29 is 4.79 Å². The Morgan fingerprint density at radius 1 is 1.19 bits per heavy atom. The zero-order chi connectivity index (χ0) is 21.7. The molecule has 6 rings (SSSR count). The summed E-state index contributed by atoms with van der Waals surface area (Å²) in [5.74, 6) is 0.830. The van der Waals surface area contributed by atoms with E-state index in [-0.39, 0.29) is 11.6 Å². The predicted molar refractivity (Wildman–Crippen MR) is 117 cm³/mol. The van der Waals surface area contributed by atoms with Gasteiger partial charge in [-0.2, -0.15) is 10.4 Å². The van der Waals surface area contributed by atoms with Gasteiger partial charge in [0, 0.05) is 49.5 Å². The minimum absolute atomic E-state index is 0.198. The summed E-state index contributed by atoms with van der Waals surface area (Å²) in [5, 5.41) is 15.3. The highest BCUT2D eigenvalue weighted by Crippen LogP contribution is 2.49. The molecule has 0 radical (unpaired) electrons. The zero-order valence-corrected chi connectivity index (χ0v) is 17.9. The van der Waals surface area contributed by atoms with Crippen molar-refractivity contribution in [1.82, 2.24) is 34.5 Å². The summed E-state index contributed by atoms with van der Waals surface area (Å²) in [6.07, 6.45) is 11.7. The van der Waals surface area contributed by atoms with E-state index in [2.05, 4.69) is 21.0 Å². The first-order valence-corrected chi connectivity index (χ1v) is 11.4. The van der Waals surface area contributed by atoms with Crippen molar-refractivity contribution >= 4 is 17.1 Å². The van der Waals surface area contributed by atoms with Gasteiger partial charge in [0.15, 0.2) is 0 Å². The number of nitrogens with one attached hydrogen (secondary N) is 1. The number of rotatable bonds is 3. The number of hydrogen-bond donors (Lipinski definition) is 1. The van der Waals surface area contributed by atoms with E-state index in [1.54, 1.807) is 6.33 Å². The van der Waals surface area contributed by atoms with Gasteiger partial charge in [-0.3, -0.25) is 4.68 Å². The highest BCUT2D eigenvalue weighted by Gasteiger charge is 2.51. The Hall–Kier alpha value is -3.41. The SMILES string of the molecule is N#CCC1(n2cc(-c3ncnc4[nH]ccc34)cn2)C[C@H]2CN(C(=O)N3CCCC3)C[C@H]2C1. The van der Waals surface area contributed by atoms with Crippen molar-refractivity contribution in [3.63, 3.8) is 0 Å². The van der Waals surface area contributed by atoms with Crippen LogP contribution < -0.4 is 0 Å². The van der Waals surface area contributed by atoms with Gasteiger partial charge in [-0.15, -0.1) is 0 Å². The molecule has 9 nitrogen and oxygen atoms in total. The van der Waals surface area contributed by atoms with Crippen LogP contribution in [0.3, 0.4) is 0 Å². The fourth-order valence-corrected chi connectivity index (χ4v) is 6.09. The number of fused-ring (bicyclic) bond motifs is 2. The molecule has 2 saturated heterocycles. The molecule has 3 aliphatic rings. The highest BCUT2D eigenvalue weighted by molar-refractivity contribution is 5.90. The van der Waals surface area contributed by atoms with Crippen LogP contribution in [-0.4, -0.2) is 66.7 Å². The molecule has 1 N–H and O–H groups in total. The largest absolute Gasteiger partial charge is 0.346 e. The first kappa shape index (κ1) is 19.3. The molecule has 1 unspecified atom stereocenters. The number of likely N-dealkylation sites (tertiary alicyclic amines) is 2. The van der Waals surface area contributed by atoms with Crippen molar-refractivity contribution in [2.45, 2.75) is 37.6 Å². The number of H-pyrrole nitrogens is 1. The molecule has 0 aromatic carbocycles. The van der Waals surface area contributed by atoms with Crippen molar-refractivity contribution in [1.29, 1.82) is 5.26 Å². The molecular formula is C23H26N8O. The van der Waals surface area contributed by atoms with Crippen molar-refractivity contribution in [3.05, 3.63) is 31.0 Å². The Labute approximate surface area is 186 Å². The molecule has 3 aromatic rings. The Kier molecular flexibility index (Phi) is 4.42.